The Kier molecular flexibility index (Phi) is 7.01. The summed E-state index contributed by atoms with van der Waals surface area (Å²) in [6.07, 6.45) is 9.03. The van der Waals surface area contributed by atoms with Crippen LogP contribution in [0.3, 0.4) is 0 Å². The minimum Gasteiger partial charge on any atom is -0.385 e. The molecule has 0 aromatic heterocycles. The summed E-state index contributed by atoms with van der Waals surface area (Å²) in [4.78, 5) is 42.5. The second-order valence-electron chi connectivity index (χ2n) is 9.92. The summed E-state index contributed by atoms with van der Waals surface area (Å²) in [5.74, 6) is -2.10. The lowest BCUT2D eigenvalue weighted by Crippen LogP contribution is -2.56. The number of halogens is 1. The first-order chi connectivity index (χ1) is 16.9. The minimum absolute atomic E-state index is 0.113. The van der Waals surface area contributed by atoms with Gasteiger partial charge in [-0.2, -0.15) is 0 Å². The molecule has 1 aromatic carbocycles. The maximum Gasteiger partial charge on any atom is 0.246 e. The van der Waals surface area contributed by atoms with Crippen LogP contribution in [0.4, 0.5) is 5.69 Å². The van der Waals surface area contributed by atoms with Gasteiger partial charge in [0.25, 0.3) is 0 Å². The average molecular weight is 546 g/mol. The quantitative estimate of drug-likeness (QED) is 0.386. The summed E-state index contributed by atoms with van der Waals surface area (Å²) in [7, 11) is 1.61. The highest BCUT2D eigenvalue weighted by molar-refractivity contribution is 9.10. The largest absolute Gasteiger partial charge is 0.385 e. The van der Waals surface area contributed by atoms with Crippen molar-refractivity contribution in [3.63, 3.8) is 0 Å². The summed E-state index contributed by atoms with van der Waals surface area (Å²) in [5.41, 5.74) is -0.483. The van der Waals surface area contributed by atoms with Gasteiger partial charge in [-0.25, -0.2) is 0 Å². The number of nitrogens with zero attached hydrogens (tertiary/aromatic N) is 1. The van der Waals surface area contributed by atoms with E-state index >= 15 is 0 Å². The molecule has 2 N–H and O–H groups in total. The molecular weight excluding hydrogens is 514 g/mol. The topological polar surface area (TPSA) is 97.0 Å². The zero-order chi connectivity index (χ0) is 24.6. The highest BCUT2D eigenvalue weighted by Gasteiger charge is 2.72. The summed E-state index contributed by atoms with van der Waals surface area (Å²) >= 11 is 3.40. The second-order valence-corrected chi connectivity index (χ2v) is 10.8. The van der Waals surface area contributed by atoms with Crippen molar-refractivity contribution in [2.45, 2.75) is 62.3 Å². The van der Waals surface area contributed by atoms with E-state index in [1.54, 1.807) is 24.1 Å². The van der Waals surface area contributed by atoms with Crippen LogP contribution in [-0.2, 0) is 23.9 Å². The Morgan fingerprint density at radius 3 is 2.63 bits per heavy atom. The fraction of sp³-hybridized carbons (Fsp3) is 0.577. The Balaban J connectivity index is 1.41. The van der Waals surface area contributed by atoms with Crippen LogP contribution >= 0.6 is 15.9 Å². The first-order valence-electron chi connectivity index (χ1n) is 12.5. The molecule has 0 radical (unpaired) electrons. The Morgan fingerprint density at radius 2 is 1.91 bits per heavy atom. The van der Waals surface area contributed by atoms with E-state index in [9.17, 15) is 14.4 Å². The molecule has 0 unspecified atom stereocenters. The first-order valence-corrected chi connectivity index (χ1v) is 13.3. The van der Waals surface area contributed by atoms with Crippen LogP contribution in [-0.4, -0.2) is 66.7 Å². The number of likely N-dealkylation sites (tertiary alicyclic amines) is 1. The van der Waals surface area contributed by atoms with Gasteiger partial charge < -0.3 is 25.0 Å². The number of nitrogens with one attached hydrogen (secondary N) is 2. The number of amides is 3. The van der Waals surface area contributed by atoms with E-state index < -0.39 is 29.6 Å². The van der Waals surface area contributed by atoms with E-state index in [0.29, 0.717) is 25.3 Å². The lowest BCUT2D eigenvalue weighted by atomic mass is 9.74. The van der Waals surface area contributed by atoms with Gasteiger partial charge in [0.05, 0.1) is 17.9 Å². The molecule has 1 aliphatic carbocycles. The van der Waals surface area contributed by atoms with Crippen LogP contribution in [0.25, 0.3) is 0 Å². The van der Waals surface area contributed by atoms with Gasteiger partial charge >= 0.3 is 0 Å². The van der Waals surface area contributed by atoms with Crippen LogP contribution in [0.5, 0.6) is 0 Å². The average Bonchev–Trinajstić information content (AvgIpc) is 3.49. The lowest BCUT2D eigenvalue weighted by molar-refractivity contribution is -0.141. The summed E-state index contributed by atoms with van der Waals surface area (Å²) in [5, 5.41) is 6.14. The Labute approximate surface area is 213 Å². The molecule has 1 spiro atoms. The normalized spacial score (nSPS) is 31.6. The number of anilines is 1. The van der Waals surface area contributed by atoms with Crippen molar-refractivity contribution in [1.82, 2.24) is 10.2 Å². The third kappa shape index (κ3) is 4.42. The molecule has 8 nitrogen and oxygen atoms in total. The van der Waals surface area contributed by atoms with Crippen molar-refractivity contribution in [2.75, 3.05) is 25.6 Å². The fourth-order valence-corrected chi connectivity index (χ4v) is 6.44. The summed E-state index contributed by atoms with van der Waals surface area (Å²) < 4.78 is 12.5. The second kappa shape index (κ2) is 10.0. The molecule has 3 heterocycles. The molecule has 4 aliphatic rings. The number of ether oxygens (including phenoxy) is 2. The third-order valence-electron chi connectivity index (χ3n) is 7.74. The maximum absolute atomic E-state index is 13.8. The van der Waals surface area contributed by atoms with Gasteiger partial charge in [0.1, 0.15) is 11.6 Å². The highest BCUT2D eigenvalue weighted by Crippen LogP contribution is 2.55. The molecule has 3 aliphatic heterocycles. The van der Waals surface area contributed by atoms with Gasteiger partial charge in [0, 0.05) is 36.5 Å². The molecule has 1 aromatic rings. The van der Waals surface area contributed by atoms with Gasteiger partial charge in [0.2, 0.25) is 17.7 Å². The number of hydrogen-bond donors (Lipinski definition) is 2. The lowest BCUT2D eigenvalue weighted by Gasteiger charge is -2.34. The predicted molar refractivity (Wildman–Crippen MR) is 134 cm³/mol. The van der Waals surface area contributed by atoms with Crippen molar-refractivity contribution >= 4 is 39.3 Å². The van der Waals surface area contributed by atoms with E-state index in [2.05, 4.69) is 26.6 Å². The van der Waals surface area contributed by atoms with Gasteiger partial charge in [-0.1, -0.05) is 47.3 Å². The standard InChI is InChI=1S/C26H32BrN3O5/c1-34-15-5-14-30-22(24(32)29-17-6-3-2-4-7-17)26-13-12-19(35-26)20(21(26)25(30)33)23(31)28-18-10-8-16(27)9-11-18/h8-13,17,19-22H,2-7,14-15H2,1H3,(H,28,31)(H,29,32)/t19-,20+,21-,22-,26+/m1/s1. The number of rotatable bonds is 8. The van der Waals surface area contributed by atoms with Crippen LogP contribution in [0.15, 0.2) is 40.9 Å². The highest BCUT2D eigenvalue weighted by atomic mass is 79.9. The maximum atomic E-state index is 13.8. The molecule has 3 fully saturated rings. The molecular formula is C26H32BrN3O5. The van der Waals surface area contributed by atoms with E-state index in [0.717, 1.165) is 30.2 Å². The Bertz CT molecular complexity index is 1010. The third-order valence-corrected chi connectivity index (χ3v) is 8.26. The van der Waals surface area contributed by atoms with Crippen molar-refractivity contribution in [3.8, 4) is 0 Å². The molecule has 5 atom stereocenters. The van der Waals surface area contributed by atoms with Crippen LogP contribution in [0, 0.1) is 11.8 Å². The van der Waals surface area contributed by atoms with E-state index in [4.69, 9.17) is 9.47 Å². The molecule has 188 valence electrons. The molecule has 35 heavy (non-hydrogen) atoms. The first kappa shape index (κ1) is 24.5. The van der Waals surface area contributed by atoms with E-state index in [-0.39, 0.29) is 23.8 Å². The number of carbonyl (C=O) groups is 3. The summed E-state index contributed by atoms with van der Waals surface area (Å²) in [6.45, 7) is 0.849. The molecule has 5 rings (SSSR count). The Hall–Kier alpha value is -2.23. The predicted octanol–water partition coefficient (Wildman–Crippen LogP) is 3.02. The van der Waals surface area contributed by atoms with Gasteiger partial charge in [-0.05, 0) is 43.5 Å². The zero-order valence-electron chi connectivity index (χ0n) is 19.9. The van der Waals surface area contributed by atoms with Crippen molar-refractivity contribution in [1.29, 1.82) is 0 Å². The van der Waals surface area contributed by atoms with Crippen molar-refractivity contribution < 1.29 is 23.9 Å². The SMILES string of the molecule is COCCCN1C(=O)[C@H]2[C@@H](C(=O)Nc3ccc(Br)cc3)[C@H]3C=C[C@@]2(O3)[C@H]1C(=O)NC1CCCCC1. The zero-order valence-corrected chi connectivity index (χ0v) is 21.5. The number of fused-ring (bicyclic) bond motifs is 1. The Morgan fingerprint density at radius 1 is 1.17 bits per heavy atom. The number of benzene rings is 1. The molecule has 2 bridgehead atoms. The smallest absolute Gasteiger partial charge is 0.246 e. The molecule has 2 saturated heterocycles. The number of hydrogen-bond acceptors (Lipinski definition) is 5. The van der Waals surface area contributed by atoms with Crippen molar-refractivity contribution in [2.24, 2.45) is 11.8 Å². The summed E-state index contributed by atoms with van der Waals surface area (Å²) in [6, 6.07) is 6.61. The van der Waals surface area contributed by atoms with Crippen LogP contribution in [0.1, 0.15) is 38.5 Å². The van der Waals surface area contributed by atoms with Gasteiger partial charge in [-0.15, -0.1) is 0 Å². The molecule has 3 amide bonds. The molecule has 9 heteroatoms. The molecule has 1 saturated carbocycles. The van der Waals surface area contributed by atoms with E-state index in [1.807, 2.05) is 24.3 Å². The fourth-order valence-electron chi connectivity index (χ4n) is 6.17. The van der Waals surface area contributed by atoms with Gasteiger partial charge in [0.15, 0.2) is 0 Å². The van der Waals surface area contributed by atoms with Crippen LogP contribution < -0.4 is 10.6 Å². The monoisotopic (exact) mass is 545 g/mol. The number of carbonyl (C=O) groups excluding carboxylic acids is 3. The van der Waals surface area contributed by atoms with E-state index in [1.165, 1.54) is 6.42 Å². The van der Waals surface area contributed by atoms with Crippen molar-refractivity contribution in [3.05, 3.63) is 40.9 Å². The number of methoxy groups -OCH3 is 1. The van der Waals surface area contributed by atoms with Crippen LogP contribution in [0.2, 0.25) is 0 Å². The minimum atomic E-state index is -1.13. The van der Waals surface area contributed by atoms with Gasteiger partial charge in [-0.3, -0.25) is 14.4 Å².